The molecule has 1 aromatic heterocycles. The molecule has 1 aliphatic rings. The average Bonchev–Trinajstić information content (AvgIpc) is 3.01. The largest absolute Gasteiger partial charge is 0.384 e. The Morgan fingerprint density at radius 2 is 1.94 bits per heavy atom. The van der Waals surface area contributed by atoms with Crippen LogP contribution in [0.2, 0.25) is 0 Å². The van der Waals surface area contributed by atoms with Crippen LogP contribution in [0.1, 0.15) is 12.8 Å². The number of nitrogen functional groups attached to an aromatic ring is 1. The number of nitrogens with zero attached hydrogens (tertiary/aromatic N) is 3. The summed E-state index contributed by atoms with van der Waals surface area (Å²) in [6, 6.07) is 10.5. The van der Waals surface area contributed by atoms with Crippen LogP contribution in [0, 0.1) is 0 Å². The maximum atomic E-state index is 5.83. The highest BCUT2D eigenvalue weighted by molar-refractivity contribution is 5.67. The van der Waals surface area contributed by atoms with E-state index in [0.29, 0.717) is 5.82 Å². The smallest absolute Gasteiger partial charge is 0.121 e. The average molecular weight is 242 g/mol. The van der Waals surface area contributed by atoms with E-state index >= 15 is 0 Å². The van der Waals surface area contributed by atoms with Crippen molar-refractivity contribution < 1.29 is 0 Å². The fourth-order valence-corrected chi connectivity index (χ4v) is 2.46. The molecule has 0 bridgehead atoms. The van der Waals surface area contributed by atoms with Crippen molar-refractivity contribution in [2.24, 2.45) is 7.05 Å². The second-order valence-corrected chi connectivity index (χ2v) is 4.82. The molecular formula is C14H18N4. The van der Waals surface area contributed by atoms with Gasteiger partial charge in [0.15, 0.2) is 0 Å². The van der Waals surface area contributed by atoms with Crippen LogP contribution in [-0.4, -0.2) is 22.9 Å². The number of hydrogen-bond acceptors (Lipinski definition) is 3. The first-order valence-corrected chi connectivity index (χ1v) is 6.39. The van der Waals surface area contributed by atoms with Gasteiger partial charge in [-0.2, -0.15) is 5.10 Å². The lowest BCUT2D eigenvalue weighted by molar-refractivity contribution is 0.782. The summed E-state index contributed by atoms with van der Waals surface area (Å²) in [5.74, 6) is 0.691. The molecule has 0 saturated carbocycles. The lowest BCUT2D eigenvalue weighted by atomic mass is 10.1. The summed E-state index contributed by atoms with van der Waals surface area (Å²) in [4.78, 5) is 2.43. The van der Waals surface area contributed by atoms with E-state index in [1.807, 2.05) is 13.1 Å². The number of nitrogens with two attached hydrogens (primary N) is 1. The molecule has 0 radical (unpaired) electrons. The molecule has 1 aromatic carbocycles. The third-order valence-corrected chi connectivity index (χ3v) is 3.53. The Bertz CT molecular complexity index is 533. The van der Waals surface area contributed by atoms with Gasteiger partial charge in [0.05, 0.1) is 5.69 Å². The van der Waals surface area contributed by atoms with Gasteiger partial charge in [-0.05, 0) is 25.0 Å². The van der Waals surface area contributed by atoms with Crippen LogP contribution >= 0.6 is 0 Å². The monoisotopic (exact) mass is 242 g/mol. The number of aromatic nitrogens is 2. The van der Waals surface area contributed by atoms with Crippen LogP contribution < -0.4 is 10.6 Å². The molecule has 0 aliphatic carbocycles. The predicted octanol–water partition coefficient (Wildman–Crippen LogP) is 2.27. The van der Waals surface area contributed by atoms with Gasteiger partial charge in [-0.25, -0.2) is 0 Å². The minimum absolute atomic E-state index is 0.691. The Morgan fingerprint density at radius 1 is 1.17 bits per heavy atom. The molecule has 1 fully saturated rings. The molecule has 94 valence electrons. The SMILES string of the molecule is Cn1nc(-c2cccc(N3CCCC3)c2)cc1N. The molecule has 4 heteroatoms. The molecule has 18 heavy (non-hydrogen) atoms. The molecule has 4 nitrogen and oxygen atoms in total. The van der Waals surface area contributed by atoms with E-state index in [1.54, 1.807) is 4.68 Å². The second kappa shape index (κ2) is 4.37. The third kappa shape index (κ3) is 1.94. The molecule has 1 aliphatic heterocycles. The highest BCUT2D eigenvalue weighted by Crippen LogP contribution is 2.26. The van der Waals surface area contributed by atoms with Gasteiger partial charge in [0.25, 0.3) is 0 Å². The predicted molar refractivity (Wildman–Crippen MR) is 74.5 cm³/mol. The summed E-state index contributed by atoms with van der Waals surface area (Å²) < 4.78 is 1.71. The lowest BCUT2D eigenvalue weighted by Crippen LogP contribution is -2.17. The van der Waals surface area contributed by atoms with Gasteiger partial charge >= 0.3 is 0 Å². The Hall–Kier alpha value is -1.97. The lowest BCUT2D eigenvalue weighted by Gasteiger charge is -2.17. The maximum absolute atomic E-state index is 5.83. The van der Waals surface area contributed by atoms with Crippen LogP contribution in [-0.2, 0) is 7.05 Å². The fourth-order valence-electron chi connectivity index (χ4n) is 2.46. The van der Waals surface area contributed by atoms with Gasteiger partial charge in [-0.1, -0.05) is 12.1 Å². The first-order valence-electron chi connectivity index (χ1n) is 6.39. The summed E-state index contributed by atoms with van der Waals surface area (Å²) in [7, 11) is 1.86. The van der Waals surface area contributed by atoms with Crippen LogP contribution in [0.4, 0.5) is 11.5 Å². The zero-order valence-corrected chi connectivity index (χ0v) is 10.6. The molecule has 1 saturated heterocycles. The zero-order chi connectivity index (χ0) is 12.5. The van der Waals surface area contributed by atoms with Crippen molar-refractivity contribution in [1.29, 1.82) is 0 Å². The first-order chi connectivity index (χ1) is 8.74. The summed E-state index contributed by atoms with van der Waals surface area (Å²) in [6.07, 6.45) is 2.58. The van der Waals surface area contributed by atoms with Crippen molar-refractivity contribution in [3.63, 3.8) is 0 Å². The normalized spacial score (nSPS) is 15.3. The summed E-state index contributed by atoms with van der Waals surface area (Å²) >= 11 is 0. The Kier molecular flexibility index (Phi) is 2.70. The zero-order valence-electron chi connectivity index (χ0n) is 10.6. The molecule has 2 heterocycles. The van der Waals surface area contributed by atoms with Crippen molar-refractivity contribution in [2.75, 3.05) is 23.7 Å². The molecule has 3 rings (SSSR count). The molecule has 0 amide bonds. The van der Waals surface area contributed by atoms with Crippen molar-refractivity contribution in [2.45, 2.75) is 12.8 Å². The van der Waals surface area contributed by atoms with Gasteiger partial charge in [0, 0.05) is 37.5 Å². The standard InChI is InChI=1S/C14H18N4/c1-17-14(15)10-13(16-17)11-5-4-6-12(9-11)18-7-2-3-8-18/h4-6,9-10H,2-3,7-8,15H2,1H3. The van der Waals surface area contributed by atoms with Crippen LogP contribution in [0.3, 0.4) is 0 Å². The molecule has 2 N–H and O–H groups in total. The second-order valence-electron chi connectivity index (χ2n) is 4.82. The first kappa shape index (κ1) is 11.1. The minimum atomic E-state index is 0.691. The van der Waals surface area contributed by atoms with Gasteiger partial charge in [-0.3, -0.25) is 4.68 Å². The molecule has 0 atom stereocenters. The van der Waals surface area contributed by atoms with E-state index in [-0.39, 0.29) is 0 Å². The van der Waals surface area contributed by atoms with Crippen molar-refractivity contribution in [3.05, 3.63) is 30.3 Å². The molecule has 2 aromatic rings. The quantitative estimate of drug-likeness (QED) is 0.878. The maximum Gasteiger partial charge on any atom is 0.121 e. The van der Waals surface area contributed by atoms with Crippen molar-refractivity contribution in [1.82, 2.24) is 9.78 Å². The van der Waals surface area contributed by atoms with E-state index in [4.69, 9.17) is 5.73 Å². The summed E-state index contributed by atoms with van der Waals surface area (Å²) in [6.45, 7) is 2.32. The van der Waals surface area contributed by atoms with Gasteiger partial charge < -0.3 is 10.6 Å². The Balaban J connectivity index is 1.95. The highest BCUT2D eigenvalue weighted by atomic mass is 15.3. The number of rotatable bonds is 2. The van der Waals surface area contributed by atoms with Crippen molar-refractivity contribution >= 4 is 11.5 Å². The van der Waals surface area contributed by atoms with E-state index in [2.05, 4.69) is 34.3 Å². The fraction of sp³-hybridized carbons (Fsp3) is 0.357. The summed E-state index contributed by atoms with van der Waals surface area (Å²) in [5.41, 5.74) is 9.19. The van der Waals surface area contributed by atoms with E-state index in [0.717, 1.165) is 24.3 Å². The summed E-state index contributed by atoms with van der Waals surface area (Å²) in [5, 5.41) is 4.42. The number of hydrogen-bond donors (Lipinski definition) is 1. The van der Waals surface area contributed by atoms with Crippen LogP contribution in [0.15, 0.2) is 30.3 Å². The number of aryl methyl sites for hydroxylation is 1. The minimum Gasteiger partial charge on any atom is -0.384 e. The van der Waals surface area contributed by atoms with E-state index < -0.39 is 0 Å². The molecule has 0 unspecified atom stereocenters. The Morgan fingerprint density at radius 3 is 2.61 bits per heavy atom. The number of benzene rings is 1. The molecular weight excluding hydrogens is 224 g/mol. The van der Waals surface area contributed by atoms with Gasteiger partial charge in [-0.15, -0.1) is 0 Å². The topological polar surface area (TPSA) is 47.1 Å². The Labute approximate surface area is 107 Å². The van der Waals surface area contributed by atoms with E-state index in [1.165, 1.54) is 18.5 Å². The van der Waals surface area contributed by atoms with E-state index in [9.17, 15) is 0 Å². The van der Waals surface area contributed by atoms with Crippen molar-refractivity contribution in [3.8, 4) is 11.3 Å². The van der Waals surface area contributed by atoms with Crippen LogP contribution in [0.5, 0.6) is 0 Å². The van der Waals surface area contributed by atoms with Gasteiger partial charge in [0.1, 0.15) is 5.82 Å². The third-order valence-electron chi connectivity index (χ3n) is 3.53. The van der Waals surface area contributed by atoms with Crippen LogP contribution in [0.25, 0.3) is 11.3 Å². The number of anilines is 2. The highest BCUT2D eigenvalue weighted by Gasteiger charge is 2.13. The van der Waals surface area contributed by atoms with Gasteiger partial charge in [0.2, 0.25) is 0 Å². The molecule has 0 spiro atoms.